The topological polar surface area (TPSA) is 192 Å². The first-order valence-electron chi connectivity index (χ1n) is 15.0. The number of aliphatic hydroxyl groups is 4. The number of benzene rings is 1. The van der Waals surface area contributed by atoms with Gasteiger partial charge in [0.2, 0.25) is 0 Å². The Morgan fingerprint density at radius 2 is 1.88 bits per heavy atom. The van der Waals surface area contributed by atoms with Crippen LogP contribution in [0, 0.1) is 5.92 Å². The number of nitrogens with one attached hydrogen (secondary N) is 1. The highest BCUT2D eigenvalue weighted by atomic mass is 16.6. The molecule has 13 heteroatoms. The highest BCUT2D eigenvalue weighted by molar-refractivity contribution is 5.81. The van der Waals surface area contributed by atoms with Gasteiger partial charge in [-0.1, -0.05) is 26.8 Å². The summed E-state index contributed by atoms with van der Waals surface area (Å²) >= 11 is 0. The van der Waals surface area contributed by atoms with Crippen molar-refractivity contribution in [3.05, 3.63) is 42.2 Å². The standard InChI is InChI=1S/C30H42N8O5/c1-30(2,3)17-5-6-20-21(10-17)36-23(35-20)7-4-16-8-18(9-16)37(19(12-39)13-40)11-22-25(41)26(42)29(43-22)38-15-34-24-27(31)32-14-33-28(24)38/h5-6,10,14-16,18-19,22,25-26,29,39-42H,4,7-9,11-13H2,1-3H3,(H,35,36)(H2,31,32,33)/t16?,18?,22-,25-,26-,29-/m1/s1. The van der Waals surface area contributed by atoms with Crippen LogP contribution in [0.15, 0.2) is 30.9 Å². The summed E-state index contributed by atoms with van der Waals surface area (Å²) in [6, 6.07) is 6.01. The van der Waals surface area contributed by atoms with E-state index >= 15 is 0 Å². The highest BCUT2D eigenvalue weighted by Gasteiger charge is 2.47. The fourth-order valence-corrected chi connectivity index (χ4v) is 6.43. The molecule has 0 radical (unpaired) electrons. The maximum absolute atomic E-state index is 11.0. The second-order valence-corrected chi connectivity index (χ2v) is 13.0. The Morgan fingerprint density at radius 1 is 1.12 bits per heavy atom. The number of nitrogens with zero attached hydrogens (tertiary/aromatic N) is 6. The van der Waals surface area contributed by atoms with E-state index in [-0.39, 0.29) is 37.0 Å². The number of aromatic nitrogens is 6. The molecule has 4 heterocycles. The predicted molar refractivity (Wildman–Crippen MR) is 160 cm³/mol. The van der Waals surface area contributed by atoms with Crippen molar-refractivity contribution in [3.8, 4) is 0 Å². The summed E-state index contributed by atoms with van der Waals surface area (Å²) in [7, 11) is 0. The Labute approximate surface area is 249 Å². The first kappa shape index (κ1) is 29.9. The lowest BCUT2D eigenvalue weighted by molar-refractivity contribution is -0.0759. The lowest BCUT2D eigenvalue weighted by Crippen LogP contribution is -2.56. The van der Waals surface area contributed by atoms with E-state index in [2.05, 4.69) is 58.9 Å². The van der Waals surface area contributed by atoms with E-state index in [9.17, 15) is 20.4 Å². The second kappa shape index (κ2) is 11.7. The van der Waals surface area contributed by atoms with Gasteiger partial charge in [0.15, 0.2) is 17.7 Å². The molecule has 0 unspecified atom stereocenters. The molecule has 6 rings (SSSR count). The number of nitrogens with two attached hydrogens (primary N) is 1. The van der Waals surface area contributed by atoms with Crippen LogP contribution < -0.4 is 5.73 Å². The fraction of sp³-hybridized carbons (Fsp3) is 0.600. The van der Waals surface area contributed by atoms with Crippen molar-refractivity contribution in [2.24, 2.45) is 5.92 Å². The summed E-state index contributed by atoms with van der Waals surface area (Å²) in [6.45, 7) is 6.38. The summed E-state index contributed by atoms with van der Waals surface area (Å²) < 4.78 is 7.71. The summed E-state index contributed by atoms with van der Waals surface area (Å²) in [5, 5.41) is 42.0. The SMILES string of the molecule is CC(C)(C)c1ccc2nc(CCC3CC(N(C[C@H]4O[C@@H](n5cnc6c(N)ncnc65)[C@H](O)[C@@H]4O)C(CO)CO)C3)[nH]c2c1. The minimum Gasteiger partial charge on any atom is -0.395 e. The van der Waals surface area contributed by atoms with E-state index in [4.69, 9.17) is 15.5 Å². The normalized spacial score (nSPS) is 26.3. The number of rotatable bonds is 10. The molecule has 7 N–H and O–H groups in total. The molecule has 2 aliphatic rings. The third-order valence-corrected chi connectivity index (χ3v) is 9.15. The minimum atomic E-state index is -1.24. The molecule has 13 nitrogen and oxygen atoms in total. The Kier molecular flexibility index (Phi) is 8.13. The van der Waals surface area contributed by atoms with Gasteiger partial charge in [-0.05, 0) is 48.3 Å². The summed E-state index contributed by atoms with van der Waals surface area (Å²) in [5.74, 6) is 1.66. The van der Waals surface area contributed by atoms with Crippen LogP contribution in [0.2, 0.25) is 0 Å². The largest absolute Gasteiger partial charge is 0.395 e. The number of imidazole rings is 2. The van der Waals surface area contributed by atoms with E-state index in [0.717, 1.165) is 42.5 Å². The summed E-state index contributed by atoms with van der Waals surface area (Å²) in [5.41, 5.74) is 10.1. The molecule has 1 aromatic carbocycles. The van der Waals surface area contributed by atoms with Gasteiger partial charge in [0.1, 0.15) is 36.0 Å². The van der Waals surface area contributed by atoms with Crippen LogP contribution in [0.25, 0.3) is 22.2 Å². The van der Waals surface area contributed by atoms with Crippen molar-refractivity contribution < 1.29 is 25.2 Å². The molecule has 0 amide bonds. The third kappa shape index (κ3) is 5.73. The average Bonchev–Trinajstić information content (AvgIpc) is 3.64. The van der Waals surface area contributed by atoms with E-state index in [0.29, 0.717) is 17.1 Å². The van der Waals surface area contributed by atoms with E-state index in [1.807, 2.05) is 4.90 Å². The molecule has 1 saturated carbocycles. The van der Waals surface area contributed by atoms with Crippen molar-refractivity contribution in [2.45, 2.75) is 88.5 Å². The van der Waals surface area contributed by atoms with Gasteiger partial charge in [-0.2, -0.15) is 0 Å². The quantitative estimate of drug-likeness (QED) is 0.155. The number of H-pyrrole nitrogens is 1. The van der Waals surface area contributed by atoms with E-state index < -0.39 is 30.6 Å². The predicted octanol–water partition coefficient (Wildman–Crippen LogP) is 1.27. The van der Waals surface area contributed by atoms with Crippen molar-refractivity contribution in [3.63, 3.8) is 0 Å². The van der Waals surface area contributed by atoms with E-state index in [1.54, 1.807) is 4.57 Å². The smallest absolute Gasteiger partial charge is 0.167 e. The van der Waals surface area contributed by atoms with Gasteiger partial charge >= 0.3 is 0 Å². The molecule has 1 saturated heterocycles. The van der Waals surface area contributed by atoms with Crippen molar-refractivity contribution >= 4 is 28.0 Å². The summed E-state index contributed by atoms with van der Waals surface area (Å²) in [4.78, 5) is 22.7. The van der Waals surface area contributed by atoms with E-state index in [1.165, 1.54) is 18.2 Å². The lowest BCUT2D eigenvalue weighted by atomic mass is 9.76. The molecule has 4 aromatic rings. The van der Waals surface area contributed by atoms with Crippen LogP contribution in [0.5, 0.6) is 0 Å². The zero-order chi connectivity index (χ0) is 30.5. The number of aryl methyl sites for hydroxylation is 1. The van der Waals surface area contributed by atoms with Crippen LogP contribution in [-0.2, 0) is 16.6 Å². The maximum atomic E-state index is 11.0. The van der Waals surface area contributed by atoms with Gasteiger partial charge in [0, 0.05) is 19.0 Å². The zero-order valence-corrected chi connectivity index (χ0v) is 24.8. The van der Waals surface area contributed by atoms with Gasteiger partial charge in [-0.25, -0.2) is 19.9 Å². The van der Waals surface area contributed by atoms with Crippen LogP contribution in [0.1, 0.15) is 57.6 Å². The molecule has 2 fully saturated rings. The Morgan fingerprint density at radius 3 is 2.60 bits per heavy atom. The number of aromatic amines is 1. The summed E-state index contributed by atoms with van der Waals surface area (Å²) in [6.07, 6.45) is 2.25. The average molecular weight is 595 g/mol. The number of ether oxygens (including phenoxy) is 1. The Hall–Kier alpha value is -3.20. The van der Waals surface area contributed by atoms with Crippen LogP contribution in [0.3, 0.4) is 0 Å². The minimum absolute atomic E-state index is 0.0726. The van der Waals surface area contributed by atoms with Gasteiger partial charge in [-0.15, -0.1) is 0 Å². The molecule has 232 valence electrons. The Balaban J connectivity index is 1.09. The Bertz CT molecular complexity index is 1560. The zero-order valence-electron chi connectivity index (χ0n) is 24.8. The number of nitrogen functional groups attached to an aromatic ring is 1. The fourth-order valence-electron chi connectivity index (χ4n) is 6.43. The first-order chi connectivity index (χ1) is 20.6. The van der Waals surface area contributed by atoms with Crippen LogP contribution in [0.4, 0.5) is 5.82 Å². The number of anilines is 1. The van der Waals surface area contributed by atoms with Crippen molar-refractivity contribution in [2.75, 3.05) is 25.5 Å². The van der Waals surface area contributed by atoms with Gasteiger partial charge < -0.3 is 35.9 Å². The second-order valence-electron chi connectivity index (χ2n) is 13.0. The molecule has 1 aliphatic carbocycles. The van der Waals surface area contributed by atoms with Gasteiger partial charge in [-0.3, -0.25) is 9.47 Å². The molecule has 0 spiro atoms. The molecule has 0 bridgehead atoms. The number of hydrogen-bond acceptors (Lipinski definition) is 11. The third-order valence-electron chi connectivity index (χ3n) is 9.15. The van der Waals surface area contributed by atoms with Crippen LogP contribution in [-0.4, -0.2) is 105 Å². The number of hydrogen-bond donors (Lipinski definition) is 6. The van der Waals surface area contributed by atoms with Crippen LogP contribution >= 0.6 is 0 Å². The number of aliphatic hydroxyl groups excluding tert-OH is 4. The first-order valence-corrected chi connectivity index (χ1v) is 15.0. The monoisotopic (exact) mass is 594 g/mol. The van der Waals surface area contributed by atoms with Crippen molar-refractivity contribution in [1.82, 2.24) is 34.4 Å². The molecule has 4 atom stereocenters. The lowest BCUT2D eigenvalue weighted by Gasteiger charge is -2.46. The van der Waals surface area contributed by atoms with Gasteiger partial charge in [0.05, 0.1) is 36.6 Å². The number of fused-ring (bicyclic) bond motifs is 2. The van der Waals surface area contributed by atoms with Gasteiger partial charge in [0.25, 0.3) is 0 Å². The molecule has 3 aromatic heterocycles. The maximum Gasteiger partial charge on any atom is 0.167 e. The highest BCUT2D eigenvalue weighted by Crippen LogP contribution is 2.38. The molecule has 43 heavy (non-hydrogen) atoms. The molecular formula is C30H42N8O5. The molecule has 1 aliphatic heterocycles. The van der Waals surface area contributed by atoms with Crippen molar-refractivity contribution in [1.29, 1.82) is 0 Å². The molecular weight excluding hydrogens is 552 g/mol.